The molecule has 1 amide bonds. The van der Waals surface area contributed by atoms with E-state index in [9.17, 15) is 18.0 Å². The molecule has 0 saturated carbocycles. The summed E-state index contributed by atoms with van der Waals surface area (Å²) in [5.74, 6) is 0.104. The molecule has 0 aliphatic rings. The Labute approximate surface area is 140 Å². The first-order valence-electron chi connectivity index (χ1n) is 7.72. The second kappa shape index (κ2) is 7.68. The minimum atomic E-state index is -4.44. The number of hydrogen-bond donors (Lipinski definition) is 1. The van der Waals surface area contributed by atoms with Gasteiger partial charge < -0.3 is 10.2 Å². The maximum absolute atomic E-state index is 12.7. The number of hydrogen-bond acceptors (Lipinski definition) is 3. The fourth-order valence-corrected chi connectivity index (χ4v) is 2.24. The van der Waals surface area contributed by atoms with Crippen LogP contribution in [0.5, 0.6) is 0 Å². The van der Waals surface area contributed by atoms with E-state index in [0.29, 0.717) is 18.8 Å². The summed E-state index contributed by atoms with van der Waals surface area (Å²) in [6.07, 6.45) is -1.59. The van der Waals surface area contributed by atoms with Crippen LogP contribution in [0.2, 0.25) is 0 Å². The Bertz CT molecular complexity index is 562. The lowest BCUT2D eigenvalue weighted by Crippen LogP contribution is -2.52. The Balaban J connectivity index is 3.11. The van der Waals surface area contributed by atoms with Crippen molar-refractivity contribution in [2.75, 3.05) is 11.4 Å². The zero-order valence-corrected chi connectivity index (χ0v) is 14.4. The monoisotopic (exact) mass is 343 g/mol. The molecular formula is C17H24F3N3O. The topological polar surface area (TPSA) is 45.2 Å². The highest BCUT2D eigenvalue weighted by molar-refractivity contribution is 5.85. The molecule has 24 heavy (non-hydrogen) atoms. The number of anilines is 1. The Morgan fingerprint density at radius 3 is 2.38 bits per heavy atom. The van der Waals surface area contributed by atoms with Crippen LogP contribution in [0.4, 0.5) is 19.0 Å². The molecule has 0 unspecified atom stereocenters. The first-order valence-corrected chi connectivity index (χ1v) is 7.72. The van der Waals surface area contributed by atoms with Crippen molar-refractivity contribution in [3.8, 4) is 0 Å². The highest BCUT2D eigenvalue weighted by Crippen LogP contribution is 2.29. The first-order chi connectivity index (χ1) is 11.0. The Hall–Kier alpha value is -2.05. The van der Waals surface area contributed by atoms with Crippen LogP contribution in [0, 0.1) is 0 Å². The van der Waals surface area contributed by atoms with Crippen molar-refractivity contribution in [2.24, 2.45) is 0 Å². The zero-order chi connectivity index (χ0) is 18.5. The second-order valence-corrected chi connectivity index (χ2v) is 6.51. The van der Waals surface area contributed by atoms with Crippen LogP contribution in [0.15, 0.2) is 31.0 Å². The molecule has 0 aromatic carbocycles. The number of nitrogens with one attached hydrogen (secondary N) is 1. The fourth-order valence-electron chi connectivity index (χ4n) is 2.24. The fraction of sp³-hybridized carbons (Fsp3) is 0.529. The van der Waals surface area contributed by atoms with Gasteiger partial charge in [0.1, 0.15) is 11.9 Å². The first kappa shape index (κ1) is 20.0. The summed E-state index contributed by atoms with van der Waals surface area (Å²) in [6, 6.07) is 1.69. The van der Waals surface area contributed by atoms with Gasteiger partial charge in [0.2, 0.25) is 5.91 Å². The Morgan fingerprint density at radius 1 is 1.38 bits per heavy atom. The summed E-state index contributed by atoms with van der Waals surface area (Å²) in [6.45, 7) is 11.4. The minimum absolute atomic E-state index is 0.200. The number of rotatable bonds is 6. The summed E-state index contributed by atoms with van der Waals surface area (Å²) >= 11 is 0. The van der Waals surface area contributed by atoms with Gasteiger partial charge in [0.25, 0.3) is 0 Å². The van der Waals surface area contributed by atoms with E-state index in [-0.39, 0.29) is 5.91 Å². The lowest BCUT2D eigenvalue weighted by Gasteiger charge is -2.33. The maximum atomic E-state index is 12.7. The van der Waals surface area contributed by atoms with Crippen LogP contribution in [0.3, 0.4) is 0 Å². The lowest BCUT2D eigenvalue weighted by molar-refractivity contribution is -0.137. The van der Waals surface area contributed by atoms with E-state index < -0.39 is 23.3 Å². The smallest absolute Gasteiger partial charge is 0.350 e. The lowest BCUT2D eigenvalue weighted by atomic mass is 10.1. The number of pyridine rings is 1. The van der Waals surface area contributed by atoms with Gasteiger partial charge in [0.15, 0.2) is 0 Å². The van der Waals surface area contributed by atoms with Crippen LogP contribution in [0.1, 0.15) is 39.7 Å². The molecule has 1 atom stereocenters. The molecule has 134 valence electrons. The van der Waals surface area contributed by atoms with Gasteiger partial charge in [0.05, 0.1) is 5.56 Å². The number of carbonyl (C=O) groups is 1. The van der Waals surface area contributed by atoms with E-state index in [1.807, 2.05) is 27.7 Å². The third-order valence-corrected chi connectivity index (χ3v) is 3.26. The standard InChI is InChI=1S/C17H24F3N3O/c1-6-10-23(13(7-2)15(24)22-16(3,4)5)14-9-8-12(11-21-14)17(18,19)20/h6,8-9,11,13H,1,7,10H2,2-5H3,(H,22,24)/t13-/m1/s1. The molecule has 4 nitrogen and oxygen atoms in total. The number of halogens is 3. The Kier molecular flexibility index (Phi) is 6.40. The summed E-state index contributed by atoms with van der Waals surface area (Å²) in [5.41, 5.74) is -1.23. The van der Waals surface area contributed by atoms with Crippen molar-refractivity contribution in [1.82, 2.24) is 10.3 Å². The minimum Gasteiger partial charge on any atom is -0.350 e. The summed E-state index contributed by atoms with van der Waals surface area (Å²) in [7, 11) is 0. The number of nitrogens with zero attached hydrogens (tertiary/aromatic N) is 2. The molecule has 0 bridgehead atoms. The average molecular weight is 343 g/mol. The van der Waals surface area contributed by atoms with Crippen LogP contribution in [0.25, 0.3) is 0 Å². The van der Waals surface area contributed by atoms with Crippen molar-refractivity contribution in [1.29, 1.82) is 0 Å². The predicted octanol–water partition coefficient (Wildman–Crippen LogP) is 3.79. The van der Waals surface area contributed by atoms with Crippen molar-refractivity contribution < 1.29 is 18.0 Å². The summed E-state index contributed by atoms with van der Waals surface area (Å²) in [4.78, 5) is 18.0. The van der Waals surface area contributed by atoms with Gasteiger partial charge in [-0.25, -0.2) is 4.98 Å². The number of aromatic nitrogens is 1. The highest BCUT2D eigenvalue weighted by atomic mass is 19.4. The predicted molar refractivity (Wildman–Crippen MR) is 88.8 cm³/mol. The maximum Gasteiger partial charge on any atom is 0.417 e. The molecule has 7 heteroatoms. The second-order valence-electron chi connectivity index (χ2n) is 6.51. The third kappa shape index (κ3) is 5.54. The van der Waals surface area contributed by atoms with Crippen LogP contribution >= 0.6 is 0 Å². The molecule has 1 heterocycles. The van der Waals surface area contributed by atoms with Gasteiger partial charge in [-0.05, 0) is 39.3 Å². The molecule has 0 spiro atoms. The average Bonchev–Trinajstić information content (AvgIpc) is 2.44. The van der Waals surface area contributed by atoms with E-state index >= 15 is 0 Å². The molecule has 0 saturated heterocycles. The van der Waals surface area contributed by atoms with Gasteiger partial charge in [-0.15, -0.1) is 6.58 Å². The van der Waals surface area contributed by atoms with Gasteiger partial charge in [-0.2, -0.15) is 13.2 Å². The summed E-state index contributed by atoms with van der Waals surface area (Å²) in [5, 5.41) is 2.89. The van der Waals surface area contributed by atoms with Crippen molar-refractivity contribution >= 4 is 11.7 Å². The van der Waals surface area contributed by atoms with E-state index in [1.54, 1.807) is 11.0 Å². The number of alkyl halides is 3. The molecule has 1 aromatic heterocycles. The van der Waals surface area contributed by atoms with E-state index in [2.05, 4.69) is 16.9 Å². The van der Waals surface area contributed by atoms with Crippen molar-refractivity contribution in [3.63, 3.8) is 0 Å². The van der Waals surface area contributed by atoms with Gasteiger partial charge in [-0.3, -0.25) is 4.79 Å². The van der Waals surface area contributed by atoms with E-state index in [4.69, 9.17) is 0 Å². The molecule has 0 radical (unpaired) electrons. The molecule has 1 rings (SSSR count). The van der Waals surface area contributed by atoms with E-state index in [1.165, 1.54) is 6.07 Å². The molecule has 1 aromatic rings. The van der Waals surface area contributed by atoms with Crippen molar-refractivity contribution in [2.45, 2.75) is 51.9 Å². The van der Waals surface area contributed by atoms with Gasteiger partial charge in [0, 0.05) is 18.3 Å². The molecule has 1 N–H and O–H groups in total. The van der Waals surface area contributed by atoms with Gasteiger partial charge >= 0.3 is 6.18 Å². The number of carbonyl (C=O) groups excluding carboxylic acids is 1. The molecule has 0 fully saturated rings. The highest BCUT2D eigenvalue weighted by Gasteiger charge is 2.32. The van der Waals surface area contributed by atoms with Crippen LogP contribution < -0.4 is 10.2 Å². The normalized spacial score (nSPS) is 13.3. The van der Waals surface area contributed by atoms with Crippen molar-refractivity contribution in [3.05, 3.63) is 36.5 Å². The Morgan fingerprint density at radius 2 is 2.00 bits per heavy atom. The molecule has 0 aliphatic carbocycles. The van der Waals surface area contributed by atoms with Crippen LogP contribution in [-0.4, -0.2) is 29.0 Å². The summed E-state index contributed by atoms with van der Waals surface area (Å²) < 4.78 is 38.0. The largest absolute Gasteiger partial charge is 0.417 e. The number of amides is 1. The third-order valence-electron chi connectivity index (χ3n) is 3.26. The van der Waals surface area contributed by atoms with Gasteiger partial charge in [-0.1, -0.05) is 13.0 Å². The molecular weight excluding hydrogens is 319 g/mol. The molecule has 0 aliphatic heterocycles. The van der Waals surface area contributed by atoms with E-state index in [0.717, 1.165) is 12.3 Å². The SMILES string of the molecule is C=CCN(c1ccc(C(F)(F)F)cn1)[C@H](CC)C(=O)NC(C)(C)C. The van der Waals surface area contributed by atoms with Crippen LogP contribution in [-0.2, 0) is 11.0 Å². The quantitative estimate of drug-likeness (QED) is 0.800. The zero-order valence-electron chi connectivity index (χ0n) is 14.4.